The Balaban J connectivity index is 0.000000459. The van der Waals surface area contributed by atoms with Crippen LogP contribution in [-0.4, -0.2) is 101 Å². The summed E-state index contributed by atoms with van der Waals surface area (Å²) in [7, 11) is 3.94. The lowest BCUT2D eigenvalue weighted by Gasteiger charge is -2.32. The van der Waals surface area contributed by atoms with Gasteiger partial charge in [0.1, 0.15) is 6.61 Å². The van der Waals surface area contributed by atoms with Crippen LogP contribution >= 0.6 is 0 Å². The molecule has 2 heterocycles. The first-order valence-corrected chi connectivity index (χ1v) is 13.2. The zero-order valence-electron chi connectivity index (χ0n) is 24.6. The Labute approximate surface area is 262 Å². The number of amides is 2. The normalized spacial score (nSPS) is 13.8. The summed E-state index contributed by atoms with van der Waals surface area (Å²) in [4.78, 5) is 47.4. The van der Waals surface area contributed by atoms with E-state index in [1.165, 1.54) is 0 Å². The Morgan fingerprint density at radius 1 is 0.936 bits per heavy atom. The van der Waals surface area contributed by atoms with Gasteiger partial charge in [-0.15, -0.1) is 0 Å². The molecule has 256 valence electrons. The molecule has 47 heavy (non-hydrogen) atoms. The fraction of sp³-hybridized carbons (Fsp3) is 0.321. The number of para-hydroxylation sites is 2. The summed E-state index contributed by atoms with van der Waals surface area (Å²) in [6, 6.07) is 12.5. The predicted octanol–water partition coefficient (Wildman–Crippen LogP) is 3.57. The molecule has 19 heteroatoms. The maximum absolute atomic E-state index is 13.6. The highest BCUT2D eigenvalue weighted by Crippen LogP contribution is 2.33. The van der Waals surface area contributed by atoms with E-state index in [2.05, 4.69) is 10.2 Å². The smallest absolute Gasteiger partial charge is 0.485 e. The first kappa shape index (κ1) is 37.9. The number of carbonyl (C=O) groups is 4. The maximum atomic E-state index is 13.6. The minimum absolute atomic E-state index is 0.0824. The van der Waals surface area contributed by atoms with E-state index in [4.69, 9.17) is 35.0 Å². The molecule has 2 amide bonds. The van der Waals surface area contributed by atoms with Gasteiger partial charge in [0.05, 0.1) is 17.4 Å². The van der Waals surface area contributed by atoms with Crippen LogP contribution < -0.4 is 20.1 Å². The number of nitrogens with two attached hydrogens (primary N) is 1. The molecule has 0 fully saturated rings. The summed E-state index contributed by atoms with van der Waals surface area (Å²) in [5.74, 6) is -5.31. The van der Waals surface area contributed by atoms with Gasteiger partial charge in [-0.1, -0.05) is 18.2 Å². The molecular formula is C28H29F6N5O8. The number of fused-ring (bicyclic) bond motifs is 1. The first-order chi connectivity index (χ1) is 21.8. The number of alkyl halides is 6. The van der Waals surface area contributed by atoms with E-state index in [0.29, 0.717) is 30.2 Å². The van der Waals surface area contributed by atoms with E-state index in [1.54, 1.807) is 41.6 Å². The number of aromatic nitrogens is 2. The number of hydrogen-bond donors (Lipinski definition) is 4. The number of nitrogens with zero attached hydrogens (tertiary/aromatic N) is 3. The van der Waals surface area contributed by atoms with Crippen molar-refractivity contribution < 1.29 is 65.2 Å². The lowest BCUT2D eigenvalue weighted by atomic mass is 10.0. The number of benzene rings is 2. The van der Waals surface area contributed by atoms with Crippen LogP contribution in [0.2, 0.25) is 0 Å². The van der Waals surface area contributed by atoms with Crippen molar-refractivity contribution in [1.82, 2.24) is 15.1 Å². The maximum Gasteiger partial charge on any atom is 0.490 e. The number of rotatable bonds is 8. The molecule has 2 aromatic carbocycles. The van der Waals surface area contributed by atoms with Crippen LogP contribution in [0.4, 0.5) is 32.0 Å². The van der Waals surface area contributed by atoms with Gasteiger partial charge in [-0.2, -0.15) is 31.4 Å². The largest absolute Gasteiger partial charge is 0.490 e. The van der Waals surface area contributed by atoms with Crippen molar-refractivity contribution in [3.63, 3.8) is 0 Å². The van der Waals surface area contributed by atoms with E-state index in [0.717, 1.165) is 17.7 Å². The molecule has 5 N–H and O–H groups in total. The molecule has 0 radical (unpaired) electrons. The number of halogens is 6. The van der Waals surface area contributed by atoms with Crippen molar-refractivity contribution in [3.8, 4) is 22.6 Å². The van der Waals surface area contributed by atoms with Gasteiger partial charge in [-0.05, 0) is 56.9 Å². The molecule has 1 aliphatic heterocycles. The highest BCUT2D eigenvalue weighted by molar-refractivity contribution is 6.06. The molecule has 0 saturated carbocycles. The number of carbonyl (C=O) groups excluding carboxylic acids is 2. The van der Waals surface area contributed by atoms with Crippen molar-refractivity contribution in [3.05, 3.63) is 60.4 Å². The summed E-state index contributed by atoms with van der Waals surface area (Å²) in [5.41, 5.74) is 8.01. The SMILES string of the molecule is CN(C)CCCN(C(=O)C1COc2ccccc2O1)c1ccc(-c2cn[nH]c2)cc1C(N)=O.O=C(O)C(F)(F)F.O=C(O)C(F)(F)F. The predicted molar refractivity (Wildman–Crippen MR) is 152 cm³/mol. The minimum Gasteiger partial charge on any atom is -0.485 e. The van der Waals surface area contributed by atoms with Gasteiger partial charge >= 0.3 is 24.3 Å². The summed E-state index contributed by atoms with van der Waals surface area (Å²) in [6.07, 6.45) is -6.92. The summed E-state index contributed by atoms with van der Waals surface area (Å²) in [6.45, 7) is 1.25. The van der Waals surface area contributed by atoms with Crippen molar-refractivity contribution in [2.24, 2.45) is 5.73 Å². The average Bonchev–Trinajstić information content (AvgIpc) is 3.53. The molecule has 1 atom stereocenters. The number of aliphatic carboxylic acids is 2. The number of H-pyrrole nitrogens is 1. The standard InChI is InChI=1S/C24H27N5O4.2C2HF3O2/c1-28(2)10-5-11-29(24(31)22-15-32-20-6-3-4-7-21(20)33-22)19-9-8-16(12-18(19)23(25)30)17-13-26-27-14-17;2*3-2(4,5)1(6)7/h3-4,6-9,12-14,22H,5,10-11,15H2,1-2H3,(H2,25,30)(H,26,27);2*(H,6,7). The van der Waals surface area contributed by atoms with E-state index >= 15 is 0 Å². The Kier molecular flexibility index (Phi) is 13.1. The lowest BCUT2D eigenvalue weighted by molar-refractivity contribution is -0.193. The number of anilines is 1. The molecule has 1 aromatic heterocycles. The fourth-order valence-corrected chi connectivity index (χ4v) is 3.77. The van der Waals surface area contributed by atoms with Crippen LogP contribution in [0.3, 0.4) is 0 Å². The van der Waals surface area contributed by atoms with Crippen molar-refractivity contribution >= 4 is 29.4 Å². The first-order valence-electron chi connectivity index (χ1n) is 13.2. The number of nitrogens with one attached hydrogen (secondary N) is 1. The van der Waals surface area contributed by atoms with Gasteiger partial charge in [-0.25, -0.2) is 9.59 Å². The molecule has 13 nitrogen and oxygen atoms in total. The molecule has 3 aromatic rings. The minimum atomic E-state index is -5.08. The topological polar surface area (TPSA) is 188 Å². The molecule has 0 bridgehead atoms. The van der Waals surface area contributed by atoms with Crippen LogP contribution in [0, 0.1) is 0 Å². The highest BCUT2D eigenvalue weighted by Gasteiger charge is 2.39. The van der Waals surface area contributed by atoms with Crippen molar-refractivity contribution in [1.29, 1.82) is 0 Å². The van der Waals surface area contributed by atoms with Crippen LogP contribution in [-0.2, 0) is 14.4 Å². The summed E-state index contributed by atoms with van der Waals surface area (Å²) < 4.78 is 75.2. The average molecular weight is 678 g/mol. The zero-order valence-corrected chi connectivity index (χ0v) is 24.6. The van der Waals surface area contributed by atoms with Gasteiger partial charge in [0.2, 0.25) is 6.10 Å². The quantitative estimate of drug-likeness (QED) is 0.257. The van der Waals surface area contributed by atoms with Crippen molar-refractivity contribution in [2.75, 3.05) is 38.7 Å². The second-order valence-corrected chi connectivity index (χ2v) is 9.70. The molecule has 1 unspecified atom stereocenters. The number of carboxylic acids is 2. The molecule has 0 aliphatic carbocycles. The van der Waals surface area contributed by atoms with Gasteiger partial charge in [-0.3, -0.25) is 14.7 Å². The molecule has 0 saturated heterocycles. The molecular weight excluding hydrogens is 648 g/mol. The summed E-state index contributed by atoms with van der Waals surface area (Å²) >= 11 is 0. The van der Waals surface area contributed by atoms with Crippen LogP contribution in [0.5, 0.6) is 11.5 Å². The number of hydrogen-bond acceptors (Lipinski definition) is 8. The second kappa shape index (κ2) is 16.3. The number of aromatic amines is 1. The van der Waals surface area contributed by atoms with Crippen LogP contribution in [0.25, 0.3) is 11.1 Å². The molecule has 1 aliphatic rings. The summed E-state index contributed by atoms with van der Waals surface area (Å²) in [5, 5.41) is 21.0. The monoisotopic (exact) mass is 677 g/mol. The Bertz CT molecular complexity index is 1510. The van der Waals surface area contributed by atoms with Crippen LogP contribution in [0.15, 0.2) is 54.9 Å². The van der Waals surface area contributed by atoms with Gasteiger partial charge in [0.25, 0.3) is 11.8 Å². The third kappa shape index (κ3) is 11.5. The third-order valence-electron chi connectivity index (χ3n) is 5.91. The second-order valence-electron chi connectivity index (χ2n) is 9.70. The van der Waals surface area contributed by atoms with E-state index in [-0.39, 0.29) is 18.1 Å². The van der Waals surface area contributed by atoms with E-state index in [1.807, 2.05) is 37.2 Å². The Hall–Kier alpha value is -5.33. The van der Waals surface area contributed by atoms with Gasteiger partial charge in [0, 0.05) is 18.3 Å². The zero-order chi connectivity index (χ0) is 35.5. The fourth-order valence-electron chi connectivity index (χ4n) is 3.77. The highest BCUT2D eigenvalue weighted by atomic mass is 19.4. The van der Waals surface area contributed by atoms with Gasteiger partial charge < -0.3 is 35.2 Å². The number of primary amides is 1. The van der Waals surface area contributed by atoms with Crippen LogP contribution in [0.1, 0.15) is 16.8 Å². The third-order valence-corrected chi connectivity index (χ3v) is 5.91. The van der Waals surface area contributed by atoms with E-state index < -0.39 is 36.3 Å². The van der Waals surface area contributed by atoms with E-state index in [9.17, 15) is 35.9 Å². The van der Waals surface area contributed by atoms with Crippen molar-refractivity contribution in [2.45, 2.75) is 24.9 Å². The molecule has 0 spiro atoms. The molecule has 4 rings (SSSR count). The Morgan fingerprint density at radius 2 is 1.51 bits per heavy atom. The van der Waals surface area contributed by atoms with Gasteiger partial charge in [0.15, 0.2) is 11.5 Å². The number of ether oxygens (including phenoxy) is 2. The Morgan fingerprint density at radius 3 is 2.00 bits per heavy atom. The lowest BCUT2D eigenvalue weighted by Crippen LogP contribution is -2.47. The number of carboxylic acid groups (broad SMARTS) is 2.